The molecule has 2 aromatic heterocycles. The molecule has 192 valence electrons. The molecule has 1 amide bonds. The van der Waals surface area contributed by atoms with Crippen molar-refractivity contribution in [2.45, 2.75) is 18.9 Å². The lowest BCUT2D eigenvalue weighted by Gasteiger charge is -2.22. The van der Waals surface area contributed by atoms with Crippen LogP contribution in [0.5, 0.6) is 0 Å². The fourth-order valence-corrected chi connectivity index (χ4v) is 4.55. The summed E-state index contributed by atoms with van der Waals surface area (Å²) >= 11 is 0. The second-order valence-electron chi connectivity index (χ2n) is 8.96. The van der Waals surface area contributed by atoms with Gasteiger partial charge in [0.1, 0.15) is 29.1 Å². The van der Waals surface area contributed by atoms with E-state index in [1.54, 1.807) is 30.5 Å². The number of hydrogen-bond donors (Lipinski definition) is 3. The van der Waals surface area contributed by atoms with Crippen molar-refractivity contribution in [3.05, 3.63) is 119 Å². The molecule has 1 atom stereocenters. The van der Waals surface area contributed by atoms with Crippen molar-refractivity contribution in [3.63, 3.8) is 0 Å². The highest BCUT2D eigenvalue weighted by Crippen LogP contribution is 2.31. The number of fused-ring (bicyclic) bond motifs is 1. The molecule has 0 radical (unpaired) electrons. The van der Waals surface area contributed by atoms with Crippen LogP contribution in [-0.4, -0.2) is 15.9 Å². The van der Waals surface area contributed by atoms with Crippen molar-refractivity contribution in [2.75, 3.05) is 5.73 Å². The van der Waals surface area contributed by atoms with Gasteiger partial charge in [-0.3, -0.25) is 4.79 Å². The summed E-state index contributed by atoms with van der Waals surface area (Å²) in [5.74, 6) is -2.73. The Hall–Kier alpha value is -4.66. The third kappa shape index (κ3) is 5.51. The predicted octanol–water partition coefficient (Wildman–Crippen LogP) is 6.01. The van der Waals surface area contributed by atoms with E-state index in [9.17, 15) is 22.4 Å². The maximum absolute atomic E-state index is 14.1. The van der Waals surface area contributed by atoms with Crippen LogP contribution in [0, 0.1) is 23.3 Å². The summed E-state index contributed by atoms with van der Waals surface area (Å²) in [5.41, 5.74) is 8.78. The van der Waals surface area contributed by atoms with E-state index in [0.29, 0.717) is 33.3 Å². The number of halogens is 4. The number of aromatic amines is 1. The fourth-order valence-electron chi connectivity index (χ4n) is 4.55. The zero-order chi connectivity index (χ0) is 26.8. The van der Waals surface area contributed by atoms with Gasteiger partial charge in [0, 0.05) is 28.7 Å². The number of nitrogens with one attached hydrogen (secondary N) is 2. The summed E-state index contributed by atoms with van der Waals surface area (Å²) < 4.78 is 55.9. The summed E-state index contributed by atoms with van der Waals surface area (Å²) in [4.78, 5) is 20.7. The number of hydrogen-bond acceptors (Lipinski definition) is 3. The Morgan fingerprint density at radius 1 is 0.895 bits per heavy atom. The van der Waals surface area contributed by atoms with Gasteiger partial charge in [-0.2, -0.15) is 0 Å². The Morgan fingerprint density at radius 2 is 1.66 bits per heavy atom. The van der Waals surface area contributed by atoms with E-state index in [1.165, 1.54) is 42.5 Å². The van der Waals surface area contributed by atoms with Crippen LogP contribution < -0.4 is 11.1 Å². The minimum Gasteiger partial charge on any atom is -0.384 e. The number of anilines is 1. The lowest BCUT2D eigenvalue weighted by Crippen LogP contribution is -2.32. The minimum atomic E-state index is -0.882. The van der Waals surface area contributed by atoms with Gasteiger partial charge < -0.3 is 16.0 Å². The Morgan fingerprint density at radius 3 is 2.42 bits per heavy atom. The minimum absolute atomic E-state index is 0.0261. The average molecular weight is 519 g/mol. The second kappa shape index (κ2) is 10.4. The lowest BCUT2D eigenvalue weighted by atomic mass is 9.95. The topological polar surface area (TPSA) is 83.8 Å². The summed E-state index contributed by atoms with van der Waals surface area (Å²) in [5, 5.41) is 3.45. The quantitative estimate of drug-likeness (QED) is 0.231. The van der Waals surface area contributed by atoms with Gasteiger partial charge in [0.25, 0.3) is 0 Å². The Balaban J connectivity index is 1.53. The number of pyridine rings is 1. The van der Waals surface area contributed by atoms with E-state index in [0.717, 1.165) is 6.07 Å². The molecule has 0 fully saturated rings. The van der Waals surface area contributed by atoms with Gasteiger partial charge in [-0.25, -0.2) is 22.5 Å². The van der Waals surface area contributed by atoms with E-state index >= 15 is 0 Å². The summed E-state index contributed by atoms with van der Waals surface area (Å²) in [6, 6.07) is 15.5. The van der Waals surface area contributed by atoms with Crippen LogP contribution in [0.4, 0.5) is 23.4 Å². The molecule has 1 unspecified atom stereocenters. The smallest absolute Gasteiger partial charge is 0.225 e. The first-order valence-electron chi connectivity index (χ1n) is 11.8. The van der Waals surface area contributed by atoms with Crippen LogP contribution in [0.15, 0.2) is 79.0 Å². The molecule has 0 bridgehead atoms. The zero-order valence-corrected chi connectivity index (χ0v) is 19.9. The Kier molecular flexibility index (Phi) is 6.83. The lowest BCUT2D eigenvalue weighted by molar-refractivity contribution is -0.121. The molecule has 5 aromatic rings. The second-order valence-corrected chi connectivity index (χ2v) is 8.96. The molecule has 0 aliphatic rings. The highest BCUT2D eigenvalue weighted by Gasteiger charge is 2.23. The molecular weight excluding hydrogens is 496 g/mol. The van der Waals surface area contributed by atoms with Gasteiger partial charge in [0.15, 0.2) is 0 Å². The molecular formula is C29H22F4N4O. The van der Waals surface area contributed by atoms with Gasteiger partial charge in [-0.1, -0.05) is 12.1 Å². The predicted molar refractivity (Wildman–Crippen MR) is 137 cm³/mol. The van der Waals surface area contributed by atoms with Crippen molar-refractivity contribution in [2.24, 2.45) is 0 Å². The molecule has 38 heavy (non-hydrogen) atoms. The molecule has 9 heteroatoms. The van der Waals surface area contributed by atoms with Gasteiger partial charge >= 0.3 is 0 Å². The van der Waals surface area contributed by atoms with E-state index in [2.05, 4.69) is 15.3 Å². The third-order valence-electron chi connectivity index (χ3n) is 6.19. The van der Waals surface area contributed by atoms with Gasteiger partial charge in [0.05, 0.1) is 18.2 Å². The van der Waals surface area contributed by atoms with Crippen molar-refractivity contribution < 1.29 is 22.4 Å². The highest BCUT2D eigenvalue weighted by molar-refractivity contribution is 5.89. The van der Waals surface area contributed by atoms with Gasteiger partial charge in [0.2, 0.25) is 5.91 Å². The number of benzene rings is 3. The first-order valence-corrected chi connectivity index (χ1v) is 11.8. The number of amides is 1. The zero-order valence-electron chi connectivity index (χ0n) is 19.9. The van der Waals surface area contributed by atoms with Crippen molar-refractivity contribution in [3.8, 4) is 11.1 Å². The van der Waals surface area contributed by atoms with Crippen molar-refractivity contribution in [1.29, 1.82) is 0 Å². The van der Waals surface area contributed by atoms with Crippen molar-refractivity contribution in [1.82, 2.24) is 15.3 Å². The number of nitrogens with two attached hydrogens (primary N) is 1. The highest BCUT2D eigenvalue weighted by atomic mass is 19.1. The normalized spacial score (nSPS) is 12.0. The maximum Gasteiger partial charge on any atom is 0.225 e. The van der Waals surface area contributed by atoms with E-state index in [4.69, 9.17) is 5.73 Å². The molecule has 0 saturated carbocycles. The number of carbonyl (C=O) groups is 1. The first kappa shape index (κ1) is 25.0. The SMILES string of the molecule is Nc1ccc(-c2cccc(F)c2)c(C(Cc2cc(F)cc(F)c2)NC(=O)Cc2c[nH]c3ccc(F)cc23)n1. The van der Waals surface area contributed by atoms with Crippen LogP contribution >= 0.6 is 0 Å². The third-order valence-corrected chi connectivity index (χ3v) is 6.19. The van der Waals surface area contributed by atoms with Crippen LogP contribution in [0.3, 0.4) is 0 Å². The standard InChI is InChI=1S/C29H22F4N4O/c30-19-3-1-2-17(11-19)23-5-7-27(34)37-29(23)26(10-16-8-21(32)13-22(33)9-16)36-28(38)12-18-15-35-25-6-4-20(31)14-24(18)25/h1-9,11,13-15,26,35H,10,12H2,(H2,34,37)(H,36,38). The summed E-state index contributed by atoms with van der Waals surface area (Å²) in [6.07, 6.45) is 1.49. The van der Waals surface area contributed by atoms with Gasteiger partial charge in [-0.05, 0) is 77.7 Å². The van der Waals surface area contributed by atoms with Crippen LogP contribution in [0.2, 0.25) is 0 Å². The maximum atomic E-state index is 14.1. The fraction of sp³-hybridized carbons (Fsp3) is 0.103. The van der Waals surface area contributed by atoms with E-state index < -0.39 is 35.2 Å². The average Bonchev–Trinajstić information content (AvgIpc) is 3.24. The number of rotatable bonds is 7. The molecule has 0 aliphatic carbocycles. The molecule has 2 heterocycles. The van der Waals surface area contributed by atoms with Crippen molar-refractivity contribution >= 4 is 22.6 Å². The van der Waals surface area contributed by atoms with Crippen LogP contribution in [-0.2, 0) is 17.6 Å². The van der Waals surface area contributed by atoms with Crippen LogP contribution in [0.25, 0.3) is 22.0 Å². The molecule has 5 nitrogen and oxygen atoms in total. The number of H-pyrrole nitrogens is 1. The monoisotopic (exact) mass is 518 g/mol. The molecule has 3 aromatic carbocycles. The van der Waals surface area contributed by atoms with Crippen LogP contribution in [0.1, 0.15) is 22.9 Å². The number of aromatic nitrogens is 2. The Bertz CT molecular complexity index is 1630. The molecule has 4 N–H and O–H groups in total. The van der Waals surface area contributed by atoms with E-state index in [1.807, 2.05) is 0 Å². The van der Waals surface area contributed by atoms with E-state index in [-0.39, 0.29) is 24.2 Å². The Labute approximate surface area is 215 Å². The summed E-state index contributed by atoms with van der Waals surface area (Å²) in [7, 11) is 0. The number of nitrogen functional groups attached to an aromatic ring is 1. The molecule has 5 rings (SSSR count). The number of carbonyl (C=O) groups excluding carboxylic acids is 1. The number of nitrogens with zero attached hydrogens (tertiary/aromatic N) is 1. The first-order chi connectivity index (χ1) is 18.2. The summed E-state index contributed by atoms with van der Waals surface area (Å²) in [6.45, 7) is 0. The molecule has 0 saturated heterocycles. The molecule has 0 spiro atoms. The molecule has 0 aliphatic heterocycles. The van der Waals surface area contributed by atoms with Gasteiger partial charge in [-0.15, -0.1) is 0 Å². The largest absolute Gasteiger partial charge is 0.384 e.